The van der Waals surface area contributed by atoms with Gasteiger partial charge in [-0.2, -0.15) is 5.10 Å². The lowest BCUT2D eigenvalue weighted by Crippen LogP contribution is -2.43. The molecular formula is C20H30N4O. The van der Waals surface area contributed by atoms with E-state index in [1.807, 2.05) is 23.9 Å². The topological polar surface area (TPSA) is 42.3 Å². The van der Waals surface area contributed by atoms with Crippen LogP contribution in [0.15, 0.2) is 30.5 Å². The monoisotopic (exact) mass is 342 g/mol. The second-order valence-corrected chi connectivity index (χ2v) is 7.01. The van der Waals surface area contributed by atoms with E-state index in [-0.39, 0.29) is 0 Å². The molecule has 5 nitrogen and oxygen atoms in total. The van der Waals surface area contributed by atoms with Gasteiger partial charge in [-0.15, -0.1) is 0 Å². The molecule has 1 aliphatic heterocycles. The highest BCUT2D eigenvalue weighted by Gasteiger charge is 2.19. The van der Waals surface area contributed by atoms with Crippen LogP contribution >= 0.6 is 0 Å². The Morgan fingerprint density at radius 1 is 1.20 bits per heavy atom. The summed E-state index contributed by atoms with van der Waals surface area (Å²) in [5.74, 6) is 0. The average Bonchev–Trinajstić information content (AvgIpc) is 3.05. The number of likely N-dealkylation sites (tertiary alicyclic amines) is 1. The van der Waals surface area contributed by atoms with Gasteiger partial charge in [-0.3, -0.25) is 4.90 Å². The average molecular weight is 342 g/mol. The maximum absolute atomic E-state index is 5.11. The summed E-state index contributed by atoms with van der Waals surface area (Å²) in [5, 5.41) is 8.08. The Balaban J connectivity index is 1.53. The molecule has 0 saturated carbocycles. The number of aryl methyl sites for hydroxylation is 2. The number of nitrogens with one attached hydrogen (secondary N) is 1. The third-order valence-corrected chi connectivity index (χ3v) is 5.03. The van der Waals surface area contributed by atoms with Gasteiger partial charge in [-0.05, 0) is 69.1 Å². The molecule has 0 atom stereocenters. The number of methoxy groups -OCH3 is 1. The summed E-state index contributed by atoms with van der Waals surface area (Å²) < 4.78 is 7.06. The summed E-state index contributed by atoms with van der Waals surface area (Å²) >= 11 is 0. The standard InChI is InChI=1S/C20H30N4O/c1-16-14-20(24-12-6-17(2)22-24)5-4-18(16)15-23-10-7-19(8-11-23)21-9-13-25-3/h4-6,12,14,19,21H,7-11,13,15H2,1-3H3. The van der Waals surface area contributed by atoms with E-state index in [9.17, 15) is 0 Å². The number of piperidine rings is 1. The maximum atomic E-state index is 5.11. The van der Waals surface area contributed by atoms with Crippen molar-refractivity contribution in [3.8, 4) is 5.69 Å². The van der Waals surface area contributed by atoms with Crippen LogP contribution in [-0.4, -0.2) is 54.1 Å². The number of rotatable bonds is 7. The van der Waals surface area contributed by atoms with Gasteiger partial charge in [-0.25, -0.2) is 4.68 Å². The molecule has 0 unspecified atom stereocenters. The Morgan fingerprint density at radius 3 is 2.64 bits per heavy atom. The molecule has 1 saturated heterocycles. The van der Waals surface area contributed by atoms with Crippen LogP contribution in [-0.2, 0) is 11.3 Å². The molecule has 136 valence electrons. The number of hydrogen-bond donors (Lipinski definition) is 1. The van der Waals surface area contributed by atoms with Crippen molar-refractivity contribution >= 4 is 0 Å². The number of benzene rings is 1. The smallest absolute Gasteiger partial charge is 0.0648 e. The van der Waals surface area contributed by atoms with Gasteiger partial charge in [0.25, 0.3) is 0 Å². The molecule has 5 heteroatoms. The van der Waals surface area contributed by atoms with Crippen LogP contribution in [0.25, 0.3) is 5.69 Å². The molecule has 1 N–H and O–H groups in total. The van der Waals surface area contributed by atoms with Crippen LogP contribution in [0, 0.1) is 13.8 Å². The molecule has 0 spiro atoms. The molecule has 1 aromatic carbocycles. The van der Waals surface area contributed by atoms with Crippen molar-refractivity contribution in [3.63, 3.8) is 0 Å². The molecular weight excluding hydrogens is 312 g/mol. The molecule has 0 bridgehead atoms. The molecule has 0 amide bonds. The minimum absolute atomic E-state index is 0.637. The van der Waals surface area contributed by atoms with E-state index in [0.717, 1.165) is 44.2 Å². The van der Waals surface area contributed by atoms with Gasteiger partial charge in [0.2, 0.25) is 0 Å². The quantitative estimate of drug-likeness (QED) is 0.786. The van der Waals surface area contributed by atoms with Crippen LogP contribution in [0.2, 0.25) is 0 Å². The summed E-state index contributed by atoms with van der Waals surface area (Å²) in [6, 6.07) is 9.34. The third kappa shape index (κ3) is 4.91. The van der Waals surface area contributed by atoms with Gasteiger partial charge in [0, 0.05) is 32.4 Å². The molecule has 1 fully saturated rings. The van der Waals surface area contributed by atoms with Crippen molar-refractivity contribution in [2.75, 3.05) is 33.4 Å². The first kappa shape index (κ1) is 18.1. The number of nitrogens with zero attached hydrogens (tertiary/aromatic N) is 3. The van der Waals surface area contributed by atoms with Crippen molar-refractivity contribution < 1.29 is 4.74 Å². The molecule has 0 aliphatic carbocycles. The zero-order chi connectivity index (χ0) is 17.6. The van der Waals surface area contributed by atoms with Crippen molar-refractivity contribution in [1.29, 1.82) is 0 Å². The van der Waals surface area contributed by atoms with Crippen LogP contribution in [0.3, 0.4) is 0 Å². The fourth-order valence-corrected chi connectivity index (χ4v) is 3.46. The Hall–Kier alpha value is -1.69. The molecule has 2 aromatic rings. The minimum atomic E-state index is 0.637. The molecule has 0 radical (unpaired) electrons. The van der Waals surface area contributed by atoms with E-state index < -0.39 is 0 Å². The predicted octanol–water partition coefficient (Wildman–Crippen LogP) is 2.69. The van der Waals surface area contributed by atoms with E-state index in [2.05, 4.69) is 40.4 Å². The lowest BCUT2D eigenvalue weighted by atomic mass is 10.0. The van der Waals surface area contributed by atoms with E-state index >= 15 is 0 Å². The Bertz CT molecular complexity index is 674. The van der Waals surface area contributed by atoms with Gasteiger partial charge in [0.05, 0.1) is 18.0 Å². The first-order valence-electron chi connectivity index (χ1n) is 9.22. The third-order valence-electron chi connectivity index (χ3n) is 5.03. The fourth-order valence-electron chi connectivity index (χ4n) is 3.46. The highest BCUT2D eigenvalue weighted by atomic mass is 16.5. The highest BCUT2D eigenvalue weighted by molar-refractivity contribution is 5.39. The first-order chi connectivity index (χ1) is 12.2. The van der Waals surface area contributed by atoms with Crippen molar-refractivity contribution in [3.05, 3.63) is 47.3 Å². The van der Waals surface area contributed by atoms with E-state index in [1.54, 1.807) is 7.11 Å². The predicted molar refractivity (Wildman–Crippen MR) is 101 cm³/mol. The Kier molecular flexibility index (Phi) is 6.24. The van der Waals surface area contributed by atoms with Crippen LogP contribution in [0.1, 0.15) is 29.7 Å². The zero-order valence-corrected chi connectivity index (χ0v) is 15.7. The molecule has 1 aromatic heterocycles. The molecule has 1 aliphatic rings. The van der Waals surface area contributed by atoms with Crippen LogP contribution in [0.5, 0.6) is 0 Å². The molecule has 2 heterocycles. The lowest BCUT2D eigenvalue weighted by Gasteiger charge is -2.32. The van der Waals surface area contributed by atoms with Gasteiger partial charge in [-0.1, -0.05) is 6.07 Å². The normalized spacial score (nSPS) is 16.4. The van der Waals surface area contributed by atoms with E-state index in [4.69, 9.17) is 4.74 Å². The summed E-state index contributed by atoms with van der Waals surface area (Å²) in [7, 11) is 1.76. The number of hydrogen-bond acceptors (Lipinski definition) is 4. The van der Waals surface area contributed by atoms with Gasteiger partial charge in [0.1, 0.15) is 0 Å². The van der Waals surface area contributed by atoms with Gasteiger partial charge < -0.3 is 10.1 Å². The summed E-state index contributed by atoms with van der Waals surface area (Å²) in [6.45, 7) is 9.32. The number of ether oxygens (including phenoxy) is 1. The Morgan fingerprint density at radius 2 is 2.00 bits per heavy atom. The van der Waals surface area contributed by atoms with Gasteiger partial charge in [0.15, 0.2) is 0 Å². The van der Waals surface area contributed by atoms with E-state index in [1.165, 1.54) is 24.0 Å². The Labute approximate surface area is 151 Å². The van der Waals surface area contributed by atoms with Crippen molar-refractivity contribution in [2.45, 2.75) is 39.3 Å². The molecule has 25 heavy (non-hydrogen) atoms. The molecule has 3 rings (SSSR count). The van der Waals surface area contributed by atoms with Crippen LogP contribution < -0.4 is 5.32 Å². The summed E-state index contributed by atoms with van der Waals surface area (Å²) in [6.07, 6.45) is 4.45. The minimum Gasteiger partial charge on any atom is -0.383 e. The lowest BCUT2D eigenvalue weighted by molar-refractivity contribution is 0.168. The van der Waals surface area contributed by atoms with Crippen molar-refractivity contribution in [1.82, 2.24) is 20.0 Å². The van der Waals surface area contributed by atoms with Gasteiger partial charge >= 0.3 is 0 Å². The maximum Gasteiger partial charge on any atom is 0.0648 e. The van der Waals surface area contributed by atoms with Crippen molar-refractivity contribution in [2.24, 2.45) is 0 Å². The first-order valence-corrected chi connectivity index (χ1v) is 9.22. The SMILES string of the molecule is COCCNC1CCN(Cc2ccc(-n3ccc(C)n3)cc2C)CC1. The second kappa shape index (κ2) is 8.61. The second-order valence-electron chi connectivity index (χ2n) is 7.01. The largest absolute Gasteiger partial charge is 0.383 e. The zero-order valence-electron chi connectivity index (χ0n) is 15.7. The number of aromatic nitrogens is 2. The van der Waals surface area contributed by atoms with Crippen LogP contribution in [0.4, 0.5) is 0 Å². The fraction of sp³-hybridized carbons (Fsp3) is 0.550. The van der Waals surface area contributed by atoms with E-state index in [0.29, 0.717) is 6.04 Å². The highest BCUT2D eigenvalue weighted by Crippen LogP contribution is 2.19. The summed E-state index contributed by atoms with van der Waals surface area (Å²) in [4.78, 5) is 2.56. The summed E-state index contributed by atoms with van der Waals surface area (Å²) in [5.41, 5.74) is 4.93.